The lowest BCUT2D eigenvalue weighted by Gasteiger charge is -2.15. The monoisotopic (exact) mass is 241 g/mol. The third-order valence-electron chi connectivity index (χ3n) is 3.58. The van der Waals surface area contributed by atoms with Crippen molar-refractivity contribution in [1.29, 1.82) is 0 Å². The van der Waals surface area contributed by atoms with Crippen molar-refractivity contribution in [2.24, 2.45) is 0 Å². The van der Waals surface area contributed by atoms with Crippen molar-refractivity contribution in [3.8, 4) is 0 Å². The maximum Gasteiger partial charge on any atom is 0.0575 e. The van der Waals surface area contributed by atoms with Gasteiger partial charge in [0.05, 0.1) is 6.10 Å². The molecule has 17 heavy (non-hydrogen) atoms. The Balaban J connectivity index is 1.82. The first kappa shape index (κ1) is 15.0. The first-order chi connectivity index (χ1) is 8.43. The smallest absolute Gasteiger partial charge is 0.0575 e. The van der Waals surface area contributed by atoms with E-state index in [1.54, 1.807) is 0 Å². The van der Waals surface area contributed by atoms with E-state index >= 15 is 0 Å². The lowest BCUT2D eigenvalue weighted by molar-refractivity contribution is 0.0408. The van der Waals surface area contributed by atoms with Crippen LogP contribution in [0, 0.1) is 0 Å². The van der Waals surface area contributed by atoms with Crippen molar-refractivity contribution < 1.29 is 4.74 Å². The second-order valence-electron chi connectivity index (χ2n) is 5.30. The molecule has 0 aliphatic heterocycles. The van der Waals surface area contributed by atoms with Gasteiger partial charge in [-0.3, -0.25) is 0 Å². The Kier molecular flexibility index (Phi) is 9.72. The van der Waals surface area contributed by atoms with Crippen molar-refractivity contribution in [3.63, 3.8) is 0 Å². The molecule has 0 saturated heterocycles. The van der Waals surface area contributed by atoms with Gasteiger partial charge >= 0.3 is 0 Å². The molecule has 2 nitrogen and oxygen atoms in total. The maximum absolute atomic E-state index is 5.97. The minimum Gasteiger partial charge on any atom is -0.378 e. The first-order valence-corrected chi connectivity index (χ1v) is 7.76. The van der Waals surface area contributed by atoms with Crippen LogP contribution in [0.5, 0.6) is 0 Å². The molecule has 1 saturated carbocycles. The Morgan fingerprint density at radius 3 is 2.41 bits per heavy atom. The summed E-state index contributed by atoms with van der Waals surface area (Å²) in [6.45, 7) is 5.54. The van der Waals surface area contributed by atoms with Gasteiger partial charge in [0.15, 0.2) is 0 Å². The van der Waals surface area contributed by atoms with Gasteiger partial charge in [0.1, 0.15) is 0 Å². The van der Waals surface area contributed by atoms with Gasteiger partial charge in [-0.2, -0.15) is 0 Å². The summed E-state index contributed by atoms with van der Waals surface area (Å²) in [7, 11) is 0. The molecule has 1 rings (SSSR count). The van der Waals surface area contributed by atoms with Crippen molar-refractivity contribution in [2.45, 2.75) is 77.2 Å². The van der Waals surface area contributed by atoms with E-state index in [1.165, 1.54) is 77.3 Å². The highest BCUT2D eigenvalue weighted by Gasteiger charge is 2.11. The molecule has 0 bridgehead atoms. The van der Waals surface area contributed by atoms with Crippen LogP contribution in [0.25, 0.3) is 0 Å². The zero-order chi connectivity index (χ0) is 12.2. The Bertz CT molecular complexity index is 153. The van der Waals surface area contributed by atoms with Crippen LogP contribution in [0.15, 0.2) is 0 Å². The fourth-order valence-corrected chi connectivity index (χ4v) is 2.49. The molecule has 0 heterocycles. The summed E-state index contributed by atoms with van der Waals surface area (Å²) >= 11 is 0. The van der Waals surface area contributed by atoms with Crippen LogP contribution in [0.2, 0.25) is 0 Å². The molecule has 0 aromatic carbocycles. The molecule has 102 valence electrons. The van der Waals surface area contributed by atoms with Crippen LogP contribution in [0.1, 0.15) is 71.1 Å². The molecule has 2 heteroatoms. The second kappa shape index (κ2) is 11.0. The highest BCUT2D eigenvalue weighted by Crippen LogP contribution is 2.19. The van der Waals surface area contributed by atoms with Gasteiger partial charge in [-0.15, -0.1) is 0 Å². The maximum atomic E-state index is 5.97. The number of rotatable bonds is 9. The van der Waals surface area contributed by atoms with E-state index in [-0.39, 0.29) is 0 Å². The lowest BCUT2D eigenvalue weighted by Crippen LogP contribution is -2.16. The standard InChI is InChI=1S/C15H31NO/c1-2-12-16-13-8-5-9-14-17-15-10-6-3-4-7-11-15/h15-16H,2-14H2,1H3. The van der Waals surface area contributed by atoms with E-state index in [0.717, 1.165) is 6.61 Å². The van der Waals surface area contributed by atoms with Gasteiger partial charge in [0.25, 0.3) is 0 Å². The first-order valence-electron chi connectivity index (χ1n) is 7.76. The third-order valence-corrected chi connectivity index (χ3v) is 3.58. The van der Waals surface area contributed by atoms with Crippen molar-refractivity contribution in [2.75, 3.05) is 19.7 Å². The molecule has 0 unspecified atom stereocenters. The van der Waals surface area contributed by atoms with Gasteiger partial charge in [-0.05, 0) is 51.6 Å². The highest BCUT2D eigenvalue weighted by molar-refractivity contribution is 4.63. The molecule has 0 amide bonds. The fraction of sp³-hybridized carbons (Fsp3) is 1.00. The number of ether oxygens (including phenoxy) is 1. The quantitative estimate of drug-likeness (QED) is 0.488. The van der Waals surface area contributed by atoms with Crippen LogP contribution in [-0.2, 0) is 4.74 Å². The molecule has 0 spiro atoms. The molecule has 1 aliphatic carbocycles. The molecule has 0 aromatic rings. The summed E-state index contributed by atoms with van der Waals surface area (Å²) in [5, 5.41) is 3.44. The SMILES string of the molecule is CCCNCCCCCOC1CCCCCC1. The Morgan fingerprint density at radius 1 is 0.941 bits per heavy atom. The molecule has 1 aliphatic rings. The molecule has 1 N–H and O–H groups in total. The predicted molar refractivity (Wildman–Crippen MR) is 74.5 cm³/mol. The van der Waals surface area contributed by atoms with Gasteiger partial charge in [0, 0.05) is 6.61 Å². The van der Waals surface area contributed by atoms with E-state index in [1.807, 2.05) is 0 Å². The molecular weight excluding hydrogens is 210 g/mol. The molecule has 0 aromatic heterocycles. The van der Waals surface area contributed by atoms with Crippen LogP contribution in [0.3, 0.4) is 0 Å². The summed E-state index contributed by atoms with van der Waals surface area (Å²) < 4.78 is 5.97. The number of hydrogen-bond donors (Lipinski definition) is 1. The van der Waals surface area contributed by atoms with Gasteiger partial charge < -0.3 is 10.1 Å². The summed E-state index contributed by atoms with van der Waals surface area (Å²) in [4.78, 5) is 0. The van der Waals surface area contributed by atoms with E-state index in [4.69, 9.17) is 4.74 Å². The van der Waals surface area contributed by atoms with E-state index in [0.29, 0.717) is 6.10 Å². The van der Waals surface area contributed by atoms with E-state index in [9.17, 15) is 0 Å². The molecule has 0 atom stereocenters. The topological polar surface area (TPSA) is 21.3 Å². The molecule has 0 radical (unpaired) electrons. The summed E-state index contributed by atoms with van der Waals surface area (Å²) in [6, 6.07) is 0. The summed E-state index contributed by atoms with van der Waals surface area (Å²) in [6.07, 6.45) is 13.9. The van der Waals surface area contributed by atoms with Crippen LogP contribution < -0.4 is 5.32 Å². The zero-order valence-corrected chi connectivity index (χ0v) is 11.7. The molecule has 1 fully saturated rings. The van der Waals surface area contributed by atoms with E-state index < -0.39 is 0 Å². The second-order valence-corrected chi connectivity index (χ2v) is 5.30. The average Bonchev–Trinajstić information content (AvgIpc) is 2.61. The Morgan fingerprint density at radius 2 is 1.71 bits per heavy atom. The Hall–Kier alpha value is -0.0800. The van der Waals surface area contributed by atoms with Crippen LogP contribution in [0.4, 0.5) is 0 Å². The lowest BCUT2D eigenvalue weighted by atomic mass is 10.1. The largest absolute Gasteiger partial charge is 0.378 e. The van der Waals surface area contributed by atoms with Crippen LogP contribution >= 0.6 is 0 Å². The highest BCUT2D eigenvalue weighted by atomic mass is 16.5. The normalized spacial score (nSPS) is 18.2. The minimum absolute atomic E-state index is 0.579. The summed E-state index contributed by atoms with van der Waals surface area (Å²) in [5.41, 5.74) is 0. The number of hydrogen-bond acceptors (Lipinski definition) is 2. The minimum atomic E-state index is 0.579. The number of nitrogens with one attached hydrogen (secondary N) is 1. The third kappa shape index (κ3) is 8.62. The number of unbranched alkanes of at least 4 members (excludes halogenated alkanes) is 2. The summed E-state index contributed by atoms with van der Waals surface area (Å²) in [5.74, 6) is 0. The zero-order valence-electron chi connectivity index (χ0n) is 11.7. The molecular formula is C15H31NO. The predicted octanol–water partition coefficient (Wildman–Crippen LogP) is 3.90. The van der Waals surface area contributed by atoms with Gasteiger partial charge in [-0.25, -0.2) is 0 Å². The average molecular weight is 241 g/mol. The van der Waals surface area contributed by atoms with Crippen molar-refractivity contribution >= 4 is 0 Å². The van der Waals surface area contributed by atoms with Crippen molar-refractivity contribution in [1.82, 2.24) is 5.32 Å². The van der Waals surface area contributed by atoms with E-state index in [2.05, 4.69) is 12.2 Å². The van der Waals surface area contributed by atoms with Gasteiger partial charge in [-0.1, -0.05) is 32.6 Å². The van der Waals surface area contributed by atoms with Crippen LogP contribution in [-0.4, -0.2) is 25.8 Å². The van der Waals surface area contributed by atoms with Gasteiger partial charge in [0.2, 0.25) is 0 Å². The fourth-order valence-electron chi connectivity index (χ4n) is 2.49. The Labute approximate surface area is 108 Å². The van der Waals surface area contributed by atoms with Crippen molar-refractivity contribution in [3.05, 3.63) is 0 Å².